The summed E-state index contributed by atoms with van der Waals surface area (Å²) < 4.78 is 0. The van der Waals surface area contributed by atoms with Gasteiger partial charge in [0, 0.05) is 11.1 Å². The van der Waals surface area contributed by atoms with E-state index < -0.39 is 0 Å². The highest BCUT2D eigenvalue weighted by molar-refractivity contribution is 6.42. The lowest BCUT2D eigenvalue weighted by Gasteiger charge is -2.12. The second-order valence-electron chi connectivity index (χ2n) is 5.68. The van der Waals surface area contributed by atoms with Crippen molar-refractivity contribution in [1.82, 2.24) is 9.97 Å². The monoisotopic (exact) mass is 381 g/mol. The van der Waals surface area contributed by atoms with Crippen molar-refractivity contribution < 1.29 is 5.11 Å². The zero-order chi connectivity index (χ0) is 18.1. The molecule has 26 heavy (non-hydrogen) atoms. The number of aromatic nitrogens is 2. The largest absolute Gasteiger partial charge is 0.507 e. The van der Waals surface area contributed by atoms with Crippen molar-refractivity contribution >= 4 is 45.6 Å². The van der Waals surface area contributed by atoms with Crippen LogP contribution in [0.5, 0.6) is 5.75 Å². The number of hydrogen-bond acceptors (Lipinski definition) is 4. The number of para-hydroxylation sites is 2. The average Bonchev–Trinajstić information content (AvgIpc) is 2.65. The molecule has 0 fully saturated rings. The van der Waals surface area contributed by atoms with Crippen LogP contribution in [0, 0.1) is 0 Å². The Labute approximate surface area is 160 Å². The van der Waals surface area contributed by atoms with Gasteiger partial charge in [-0.05, 0) is 42.5 Å². The molecule has 4 aromatic rings. The van der Waals surface area contributed by atoms with Crippen LogP contribution in [0.25, 0.3) is 22.3 Å². The minimum Gasteiger partial charge on any atom is -0.507 e. The van der Waals surface area contributed by atoms with Crippen molar-refractivity contribution in [3.05, 3.63) is 76.8 Å². The summed E-state index contributed by atoms with van der Waals surface area (Å²) in [6.45, 7) is 0. The van der Waals surface area contributed by atoms with E-state index in [1.165, 1.54) is 0 Å². The maximum absolute atomic E-state index is 10.2. The first-order valence-corrected chi connectivity index (χ1v) is 8.64. The van der Waals surface area contributed by atoms with E-state index in [0.29, 0.717) is 27.3 Å². The van der Waals surface area contributed by atoms with Crippen LogP contribution in [-0.4, -0.2) is 15.1 Å². The van der Waals surface area contributed by atoms with Gasteiger partial charge < -0.3 is 10.4 Å². The molecule has 0 saturated carbocycles. The number of phenols is 1. The Bertz CT molecular complexity index is 1120. The van der Waals surface area contributed by atoms with E-state index >= 15 is 0 Å². The molecule has 0 radical (unpaired) electrons. The maximum Gasteiger partial charge on any atom is 0.165 e. The van der Waals surface area contributed by atoms with Crippen molar-refractivity contribution in [1.29, 1.82) is 0 Å². The van der Waals surface area contributed by atoms with Gasteiger partial charge in [0.2, 0.25) is 0 Å². The lowest BCUT2D eigenvalue weighted by Crippen LogP contribution is -1.99. The molecule has 6 heteroatoms. The fourth-order valence-electron chi connectivity index (χ4n) is 2.67. The number of hydrogen-bond donors (Lipinski definition) is 2. The Morgan fingerprint density at radius 2 is 1.58 bits per heavy atom. The van der Waals surface area contributed by atoms with E-state index in [-0.39, 0.29) is 5.75 Å². The molecular weight excluding hydrogens is 369 g/mol. The summed E-state index contributed by atoms with van der Waals surface area (Å²) in [6, 6.07) is 19.9. The Morgan fingerprint density at radius 1 is 0.808 bits per heavy atom. The van der Waals surface area contributed by atoms with Crippen LogP contribution in [0.4, 0.5) is 11.5 Å². The number of nitrogens with zero attached hydrogens (tertiary/aromatic N) is 2. The summed E-state index contributed by atoms with van der Waals surface area (Å²) in [5, 5.41) is 15.2. The van der Waals surface area contributed by atoms with E-state index in [1.54, 1.807) is 30.3 Å². The molecule has 128 valence electrons. The van der Waals surface area contributed by atoms with Gasteiger partial charge in [0.25, 0.3) is 0 Å². The molecule has 0 spiro atoms. The fraction of sp³-hybridized carbons (Fsp3) is 0. The molecule has 0 unspecified atom stereocenters. The van der Waals surface area contributed by atoms with Gasteiger partial charge in [0.1, 0.15) is 11.6 Å². The predicted octanol–water partition coefficient (Wildman–Crippen LogP) is 6.05. The van der Waals surface area contributed by atoms with E-state index in [4.69, 9.17) is 23.2 Å². The SMILES string of the molecule is Oc1ccccc1-c1nc(Nc2ccc(Cl)c(Cl)c2)c2ccccc2n1. The zero-order valence-electron chi connectivity index (χ0n) is 13.4. The summed E-state index contributed by atoms with van der Waals surface area (Å²) in [7, 11) is 0. The minimum atomic E-state index is 0.128. The first kappa shape index (κ1) is 16.6. The minimum absolute atomic E-state index is 0.128. The second-order valence-corrected chi connectivity index (χ2v) is 6.50. The van der Waals surface area contributed by atoms with Gasteiger partial charge in [-0.15, -0.1) is 0 Å². The summed E-state index contributed by atoms with van der Waals surface area (Å²) >= 11 is 12.1. The molecule has 3 aromatic carbocycles. The highest BCUT2D eigenvalue weighted by atomic mass is 35.5. The Morgan fingerprint density at radius 3 is 2.38 bits per heavy atom. The molecule has 0 amide bonds. The third kappa shape index (κ3) is 3.17. The molecule has 0 atom stereocenters. The van der Waals surface area contributed by atoms with Crippen molar-refractivity contribution in [3.8, 4) is 17.1 Å². The molecule has 0 aliphatic rings. The van der Waals surface area contributed by atoms with E-state index in [0.717, 1.165) is 16.6 Å². The quantitative estimate of drug-likeness (QED) is 0.453. The van der Waals surface area contributed by atoms with Gasteiger partial charge in [-0.1, -0.05) is 47.5 Å². The Kier molecular flexibility index (Phi) is 4.37. The summed E-state index contributed by atoms with van der Waals surface area (Å²) in [6.07, 6.45) is 0. The summed E-state index contributed by atoms with van der Waals surface area (Å²) in [5.74, 6) is 1.18. The maximum atomic E-state index is 10.2. The number of halogens is 2. The Hall–Kier alpha value is -2.82. The Balaban J connectivity index is 1.87. The van der Waals surface area contributed by atoms with Crippen LogP contribution in [0.3, 0.4) is 0 Å². The highest BCUT2D eigenvalue weighted by Gasteiger charge is 2.12. The highest BCUT2D eigenvalue weighted by Crippen LogP contribution is 2.32. The standard InChI is InChI=1S/C20H13Cl2N3O/c21-15-10-9-12(11-16(15)22)23-19-13-5-1-3-7-17(13)24-20(25-19)14-6-2-4-8-18(14)26/h1-11,26H,(H,23,24,25). The second kappa shape index (κ2) is 6.83. The number of fused-ring (bicyclic) bond motifs is 1. The van der Waals surface area contributed by atoms with Gasteiger partial charge in [-0.3, -0.25) is 0 Å². The van der Waals surface area contributed by atoms with Crippen LogP contribution in [-0.2, 0) is 0 Å². The third-order valence-electron chi connectivity index (χ3n) is 3.93. The van der Waals surface area contributed by atoms with Gasteiger partial charge in [-0.2, -0.15) is 0 Å². The van der Waals surface area contributed by atoms with Crippen molar-refractivity contribution in [2.24, 2.45) is 0 Å². The molecular formula is C20H13Cl2N3O. The fourth-order valence-corrected chi connectivity index (χ4v) is 2.96. The first-order chi connectivity index (χ1) is 12.6. The predicted molar refractivity (Wildman–Crippen MR) is 106 cm³/mol. The molecule has 0 aliphatic heterocycles. The first-order valence-electron chi connectivity index (χ1n) is 7.89. The van der Waals surface area contributed by atoms with Crippen LogP contribution in [0.15, 0.2) is 66.7 Å². The van der Waals surface area contributed by atoms with Crippen molar-refractivity contribution in [2.75, 3.05) is 5.32 Å². The normalized spacial score (nSPS) is 10.8. The molecule has 1 aromatic heterocycles. The molecule has 4 nitrogen and oxygen atoms in total. The van der Waals surface area contributed by atoms with Gasteiger partial charge >= 0.3 is 0 Å². The van der Waals surface area contributed by atoms with Crippen LogP contribution in [0.2, 0.25) is 10.0 Å². The van der Waals surface area contributed by atoms with Crippen LogP contribution < -0.4 is 5.32 Å². The molecule has 0 saturated heterocycles. The number of benzene rings is 3. The van der Waals surface area contributed by atoms with Crippen molar-refractivity contribution in [2.45, 2.75) is 0 Å². The van der Waals surface area contributed by atoms with Crippen molar-refractivity contribution in [3.63, 3.8) is 0 Å². The molecule has 4 rings (SSSR count). The van der Waals surface area contributed by atoms with Gasteiger partial charge in [-0.25, -0.2) is 9.97 Å². The average molecular weight is 382 g/mol. The van der Waals surface area contributed by atoms with Crippen LogP contribution >= 0.6 is 23.2 Å². The number of aromatic hydroxyl groups is 1. The summed E-state index contributed by atoms with van der Waals surface area (Å²) in [4.78, 5) is 9.20. The molecule has 0 aliphatic carbocycles. The molecule has 2 N–H and O–H groups in total. The molecule has 1 heterocycles. The lowest BCUT2D eigenvalue weighted by molar-refractivity contribution is 0.477. The third-order valence-corrected chi connectivity index (χ3v) is 4.67. The van der Waals surface area contributed by atoms with Gasteiger partial charge in [0.15, 0.2) is 5.82 Å². The van der Waals surface area contributed by atoms with E-state index in [2.05, 4.69) is 15.3 Å². The molecule has 0 bridgehead atoms. The number of nitrogens with one attached hydrogen (secondary N) is 1. The smallest absolute Gasteiger partial charge is 0.165 e. The summed E-state index contributed by atoms with van der Waals surface area (Å²) in [5.41, 5.74) is 2.09. The topological polar surface area (TPSA) is 58.0 Å². The lowest BCUT2D eigenvalue weighted by atomic mass is 10.1. The number of rotatable bonds is 3. The van der Waals surface area contributed by atoms with Crippen LogP contribution in [0.1, 0.15) is 0 Å². The van der Waals surface area contributed by atoms with Gasteiger partial charge in [0.05, 0.1) is 21.1 Å². The zero-order valence-corrected chi connectivity index (χ0v) is 15.0. The van der Waals surface area contributed by atoms with E-state index in [9.17, 15) is 5.11 Å². The number of phenolic OH excluding ortho intramolecular Hbond substituents is 1. The van der Waals surface area contributed by atoms with E-state index in [1.807, 2.05) is 36.4 Å². The number of anilines is 2.